The van der Waals surface area contributed by atoms with Crippen LogP contribution in [0.2, 0.25) is 0 Å². The minimum Gasteiger partial charge on any atom is -0.382 e. The van der Waals surface area contributed by atoms with E-state index in [9.17, 15) is 0 Å². The first kappa shape index (κ1) is 42.7. The van der Waals surface area contributed by atoms with Gasteiger partial charge in [0, 0.05) is 45.5 Å². The predicted molar refractivity (Wildman–Crippen MR) is 119 cm³/mol. The maximum atomic E-state index is 4.66. The Hall–Kier alpha value is 1.55. The van der Waals surface area contributed by atoms with Crippen LogP contribution in [0.1, 0.15) is 51.4 Å². The molecule has 0 aromatic heterocycles. The second-order valence-electron chi connectivity index (χ2n) is 6.17. The molecule has 9 radical (unpaired) electrons. The molecule has 0 aromatic carbocycles. The van der Waals surface area contributed by atoms with Crippen molar-refractivity contribution in [1.82, 2.24) is 0 Å². The minimum atomic E-state index is 0. The molecule has 171 valence electrons. The third-order valence-electron chi connectivity index (χ3n) is 3.65. The summed E-state index contributed by atoms with van der Waals surface area (Å²) < 4.78 is 18.6. The first-order chi connectivity index (χ1) is 13.8. The molecule has 31 heavy (non-hydrogen) atoms. The van der Waals surface area contributed by atoms with Crippen molar-refractivity contribution in [2.75, 3.05) is 54.9 Å². The maximum absolute atomic E-state index is 4.66. The quantitative estimate of drug-likeness (QED) is 0.385. The topological polar surface area (TPSA) is 36.9 Å². The zero-order valence-corrected chi connectivity index (χ0v) is 22.3. The van der Waals surface area contributed by atoms with Crippen LogP contribution in [0.4, 0.5) is 0 Å². The van der Waals surface area contributed by atoms with E-state index in [1.54, 1.807) is 28.4 Å². The maximum Gasteiger partial charge on any atom is 1.00 e. The molecule has 0 amide bonds. The molecule has 0 heterocycles. The third kappa shape index (κ3) is 49.7. The number of hydrogen-bond donors (Lipinski definition) is 0. The molecule has 2 fully saturated rings. The number of methoxy groups -OCH3 is 4. The van der Waals surface area contributed by atoms with E-state index >= 15 is 0 Å². The molecule has 2 aliphatic rings. The molecular weight excluding hydrogens is 421 g/mol. The molecule has 0 saturated heterocycles. The number of hydrogen-bond acceptors (Lipinski definition) is 4. The summed E-state index contributed by atoms with van der Waals surface area (Å²) in [5.74, 6) is 0. The van der Waals surface area contributed by atoms with Gasteiger partial charge in [-0.1, -0.05) is 0 Å². The zero-order chi connectivity index (χ0) is 21.0. The first-order valence-electron chi connectivity index (χ1n) is 10.4. The average Bonchev–Trinajstić information content (AvgIpc) is 2.65. The van der Waals surface area contributed by atoms with Gasteiger partial charge in [-0.05, 0) is 103 Å². The Bertz CT molecular complexity index is 174. The van der Waals surface area contributed by atoms with Crippen molar-refractivity contribution in [2.24, 2.45) is 0 Å². The van der Waals surface area contributed by atoms with Gasteiger partial charge in [0.2, 0.25) is 0 Å². The largest absolute Gasteiger partial charge is 1.00 e. The van der Waals surface area contributed by atoms with Crippen molar-refractivity contribution in [3.63, 3.8) is 0 Å². The monoisotopic (exact) mass is 465 g/mol. The van der Waals surface area contributed by atoms with Gasteiger partial charge in [0.1, 0.15) is 0 Å². The molecule has 0 unspecified atom stereocenters. The fourth-order valence-electron chi connectivity index (χ4n) is 2.05. The Labute approximate surface area is 230 Å². The molecule has 7 heteroatoms. The molecule has 4 nitrogen and oxygen atoms in total. The van der Waals surface area contributed by atoms with E-state index in [0.29, 0.717) is 26.4 Å². The van der Waals surface area contributed by atoms with Crippen molar-refractivity contribution >= 4 is 0 Å². The molecule has 0 bridgehead atoms. The van der Waals surface area contributed by atoms with Crippen molar-refractivity contribution in [1.29, 1.82) is 0 Å². The fourth-order valence-corrected chi connectivity index (χ4v) is 2.05. The Balaban J connectivity index is -0.0000000950. The summed E-state index contributed by atoms with van der Waals surface area (Å²) >= 11 is 0. The van der Waals surface area contributed by atoms with Crippen LogP contribution in [0.25, 0.3) is 0 Å². The predicted octanol–water partition coefficient (Wildman–Crippen LogP) is -0.681. The second-order valence-corrected chi connectivity index (χ2v) is 6.17. The van der Waals surface area contributed by atoms with Crippen LogP contribution in [0, 0.1) is 51.4 Å². The summed E-state index contributed by atoms with van der Waals surface area (Å²) in [6.07, 6.45) is 28.0. The molecule has 0 N–H and O–H groups in total. The SMILES string of the molecule is COCCOC.COCCOC.[CH]1[CH]CC[CH][CH]CC1.[CH]1[CH]CC[CH][CH]CC1.[Li+].[Li+].[Mn]. The average molecular weight is 465 g/mol. The van der Waals surface area contributed by atoms with E-state index in [1.165, 1.54) is 51.4 Å². The summed E-state index contributed by atoms with van der Waals surface area (Å²) in [5.41, 5.74) is 0. The molecule has 2 saturated carbocycles. The normalized spacial score (nSPS) is 15.9. The van der Waals surface area contributed by atoms with Gasteiger partial charge in [0.25, 0.3) is 0 Å². The zero-order valence-electron chi connectivity index (χ0n) is 21.1. The van der Waals surface area contributed by atoms with Crippen LogP contribution in [0.5, 0.6) is 0 Å². The molecule has 0 aromatic rings. The van der Waals surface area contributed by atoms with Gasteiger partial charge in [-0.25, -0.2) is 0 Å². The molecular formula is C24H44Li2MnO4+2. The second kappa shape index (κ2) is 45.1. The van der Waals surface area contributed by atoms with Gasteiger partial charge in [-0.2, -0.15) is 0 Å². The molecule has 0 atom stereocenters. The van der Waals surface area contributed by atoms with E-state index in [1.807, 2.05) is 0 Å². The van der Waals surface area contributed by atoms with Crippen molar-refractivity contribution in [3.8, 4) is 0 Å². The van der Waals surface area contributed by atoms with Crippen LogP contribution in [-0.2, 0) is 36.0 Å². The van der Waals surface area contributed by atoms with Crippen LogP contribution in [0.3, 0.4) is 0 Å². The van der Waals surface area contributed by atoms with Crippen molar-refractivity contribution < 1.29 is 73.7 Å². The van der Waals surface area contributed by atoms with Gasteiger partial charge < -0.3 is 18.9 Å². The molecule has 0 aliphatic heterocycles. The standard InChI is InChI=1S/2C8H12.2C4H10O2.2Li.Mn/c2*1-2-4-6-8-7-5-3-1;2*1-5-3-4-6-2;;;/h2*1-2,7-8H,3-6H2;2*3-4H2,1-2H3;;;/q;;;;2*+1;. The summed E-state index contributed by atoms with van der Waals surface area (Å²) in [4.78, 5) is 0. The van der Waals surface area contributed by atoms with Gasteiger partial charge >= 0.3 is 37.7 Å². The van der Waals surface area contributed by atoms with E-state index in [4.69, 9.17) is 0 Å². The van der Waals surface area contributed by atoms with Crippen LogP contribution in [-0.4, -0.2) is 54.9 Å². The van der Waals surface area contributed by atoms with Crippen LogP contribution in [0.15, 0.2) is 0 Å². The van der Waals surface area contributed by atoms with Crippen LogP contribution < -0.4 is 37.7 Å². The van der Waals surface area contributed by atoms with E-state index < -0.39 is 0 Å². The Morgan fingerprint density at radius 3 is 0.613 bits per heavy atom. The minimum absolute atomic E-state index is 0. The molecule has 0 spiro atoms. The number of ether oxygens (including phenoxy) is 4. The van der Waals surface area contributed by atoms with Gasteiger partial charge in [-0.15, -0.1) is 0 Å². The van der Waals surface area contributed by atoms with Gasteiger partial charge in [0.05, 0.1) is 26.4 Å². The molecule has 2 aliphatic carbocycles. The van der Waals surface area contributed by atoms with Gasteiger partial charge in [-0.3, -0.25) is 0 Å². The first-order valence-corrected chi connectivity index (χ1v) is 10.4. The van der Waals surface area contributed by atoms with Crippen molar-refractivity contribution in [2.45, 2.75) is 51.4 Å². The summed E-state index contributed by atoms with van der Waals surface area (Å²) in [6.45, 7) is 2.76. The van der Waals surface area contributed by atoms with E-state index in [2.05, 4.69) is 70.3 Å². The smallest absolute Gasteiger partial charge is 0.382 e. The summed E-state index contributed by atoms with van der Waals surface area (Å²) in [5, 5.41) is 0. The Morgan fingerprint density at radius 2 is 0.516 bits per heavy atom. The van der Waals surface area contributed by atoms with Crippen LogP contribution >= 0.6 is 0 Å². The summed E-state index contributed by atoms with van der Waals surface area (Å²) in [7, 11) is 6.61. The molecule has 2 rings (SSSR count). The fraction of sp³-hybridized carbons (Fsp3) is 0.667. The van der Waals surface area contributed by atoms with Gasteiger partial charge in [0.15, 0.2) is 0 Å². The van der Waals surface area contributed by atoms with E-state index in [0.717, 1.165) is 0 Å². The Morgan fingerprint density at radius 1 is 0.387 bits per heavy atom. The van der Waals surface area contributed by atoms with E-state index in [-0.39, 0.29) is 54.8 Å². The summed E-state index contributed by atoms with van der Waals surface area (Å²) in [6, 6.07) is 0. The Kier molecular flexibility index (Phi) is 62.1. The van der Waals surface area contributed by atoms with Crippen molar-refractivity contribution in [3.05, 3.63) is 51.4 Å². The third-order valence-corrected chi connectivity index (χ3v) is 3.65. The number of rotatable bonds is 6.